The van der Waals surface area contributed by atoms with Crippen molar-refractivity contribution in [2.24, 2.45) is 0 Å². The molecule has 2 aromatic rings. The number of ether oxygens (including phenoxy) is 2. The summed E-state index contributed by atoms with van der Waals surface area (Å²) in [6, 6.07) is 15.6. The van der Waals surface area contributed by atoms with E-state index in [-0.39, 0.29) is 24.2 Å². The van der Waals surface area contributed by atoms with Crippen molar-refractivity contribution in [2.75, 3.05) is 6.61 Å². The molecule has 0 radical (unpaired) electrons. The Morgan fingerprint density at radius 1 is 1.19 bits per heavy atom. The molecule has 0 saturated carbocycles. The Hall–Kier alpha value is -1.76. The Morgan fingerprint density at radius 2 is 1.88 bits per heavy atom. The van der Waals surface area contributed by atoms with Crippen molar-refractivity contribution in [1.82, 2.24) is 5.32 Å². The molecular weight excluding hydrogens is 441 g/mol. The van der Waals surface area contributed by atoms with Crippen LogP contribution in [0.15, 0.2) is 48.5 Å². The predicted molar refractivity (Wildman–Crippen MR) is 111 cm³/mol. The van der Waals surface area contributed by atoms with Crippen LogP contribution in [-0.2, 0) is 4.79 Å². The number of para-hydroxylation sites is 1. The molecule has 0 aliphatic carbocycles. The molecule has 26 heavy (non-hydrogen) atoms. The van der Waals surface area contributed by atoms with Crippen LogP contribution in [0.5, 0.6) is 11.5 Å². The van der Waals surface area contributed by atoms with Gasteiger partial charge in [-0.1, -0.05) is 32.0 Å². The summed E-state index contributed by atoms with van der Waals surface area (Å²) >= 11 is 2.24. The van der Waals surface area contributed by atoms with Crippen molar-refractivity contribution in [3.05, 3.63) is 57.7 Å². The Morgan fingerprint density at radius 3 is 2.58 bits per heavy atom. The molecule has 5 heteroatoms. The number of carbonyl (C=O) groups excluding carboxylic acids is 1. The van der Waals surface area contributed by atoms with E-state index in [1.54, 1.807) is 0 Å². The third-order valence-electron chi connectivity index (χ3n) is 5.00. The second kappa shape index (κ2) is 8.29. The molecule has 2 aromatic carbocycles. The minimum Gasteiger partial charge on any atom is -0.487 e. The van der Waals surface area contributed by atoms with Crippen molar-refractivity contribution in [1.29, 1.82) is 0 Å². The molecule has 0 saturated heterocycles. The molecule has 4 nitrogen and oxygen atoms in total. The first-order valence-corrected chi connectivity index (χ1v) is 10.1. The fraction of sp³-hybridized carbons (Fsp3) is 0.381. The summed E-state index contributed by atoms with van der Waals surface area (Å²) in [4.78, 5) is 12.5. The highest BCUT2D eigenvalue weighted by molar-refractivity contribution is 14.1. The highest BCUT2D eigenvalue weighted by atomic mass is 127. The van der Waals surface area contributed by atoms with Crippen molar-refractivity contribution in [3.63, 3.8) is 0 Å². The molecule has 0 fully saturated rings. The topological polar surface area (TPSA) is 47.6 Å². The van der Waals surface area contributed by atoms with Crippen LogP contribution < -0.4 is 14.8 Å². The molecule has 1 amide bonds. The number of amides is 1. The molecule has 0 aromatic heterocycles. The zero-order chi connectivity index (χ0) is 18.6. The van der Waals surface area contributed by atoms with Gasteiger partial charge >= 0.3 is 0 Å². The zero-order valence-electron chi connectivity index (χ0n) is 15.1. The summed E-state index contributed by atoms with van der Waals surface area (Å²) in [5.41, 5.74) is 0.802. The van der Waals surface area contributed by atoms with Gasteiger partial charge in [0.2, 0.25) is 0 Å². The second-order valence-electron chi connectivity index (χ2n) is 6.60. The Kier molecular flexibility index (Phi) is 6.06. The molecule has 138 valence electrons. The predicted octanol–water partition coefficient (Wildman–Crippen LogP) is 4.87. The van der Waals surface area contributed by atoms with Crippen LogP contribution in [0, 0.1) is 3.57 Å². The molecule has 1 aliphatic heterocycles. The van der Waals surface area contributed by atoms with E-state index in [2.05, 4.69) is 41.8 Å². The van der Waals surface area contributed by atoms with Gasteiger partial charge in [0, 0.05) is 15.6 Å². The fourth-order valence-electron chi connectivity index (χ4n) is 3.35. The molecule has 0 unspecified atom stereocenters. The van der Waals surface area contributed by atoms with Crippen LogP contribution in [0.2, 0.25) is 0 Å². The quantitative estimate of drug-likeness (QED) is 0.620. The molecule has 1 atom stereocenters. The van der Waals surface area contributed by atoms with E-state index in [1.807, 2.05) is 48.5 Å². The van der Waals surface area contributed by atoms with Crippen LogP contribution in [0.4, 0.5) is 0 Å². The van der Waals surface area contributed by atoms with Gasteiger partial charge in [-0.2, -0.15) is 0 Å². The molecule has 1 heterocycles. The molecule has 3 rings (SSSR count). The Bertz CT molecular complexity index is 756. The molecular formula is C21H24INO3. The van der Waals surface area contributed by atoms with Gasteiger partial charge in [-0.05, 0) is 65.8 Å². The minimum absolute atomic E-state index is 0.00532. The van der Waals surface area contributed by atoms with Crippen molar-refractivity contribution >= 4 is 28.5 Å². The monoisotopic (exact) mass is 465 g/mol. The molecule has 0 bridgehead atoms. The number of fused-ring (bicyclic) bond motifs is 1. The van der Waals surface area contributed by atoms with E-state index in [0.29, 0.717) is 5.75 Å². The largest absolute Gasteiger partial charge is 0.487 e. The lowest BCUT2D eigenvalue weighted by atomic mass is 9.83. The normalized spacial score (nSPS) is 17.7. The SMILES string of the molecule is CCC1(CC)C[C@@H](NC(=O)COc2ccc(I)cc2)c2ccccc2O1. The average molecular weight is 465 g/mol. The lowest BCUT2D eigenvalue weighted by Gasteiger charge is -2.41. The van der Waals surface area contributed by atoms with Crippen LogP contribution >= 0.6 is 22.6 Å². The zero-order valence-corrected chi connectivity index (χ0v) is 17.3. The van der Waals surface area contributed by atoms with Gasteiger partial charge < -0.3 is 14.8 Å². The van der Waals surface area contributed by atoms with Crippen molar-refractivity contribution < 1.29 is 14.3 Å². The van der Waals surface area contributed by atoms with Gasteiger partial charge in [-0.25, -0.2) is 0 Å². The standard InChI is InChI=1S/C21H24INO3/c1-3-21(4-2)13-18(17-7-5-6-8-19(17)26-21)23-20(24)14-25-16-11-9-15(22)10-12-16/h5-12,18H,3-4,13-14H2,1-2H3,(H,23,24)/t18-/m1/s1. The van der Waals surface area contributed by atoms with Gasteiger partial charge in [0.25, 0.3) is 5.91 Å². The van der Waals surface area contributed by atoms with Crippen LogP contribution in [-0.4, -0.2) is 18.1 Å². The summed E-state index contributed by atoms with van der Waals surface area (Å²) < 4.78 is 13.0. The van der Waals surface area contributed by atoms with Gasteiger partial charge in [-0.3, -0.25) is 4.79 Å². The number of halogens is 1. The van der Waals surface area contributed by atoms with Crippen LogP contribution in [0.25, 0.3) is 0 Å². The number of benzene rings is 2. The highest BCUT2D eigenvalue weighted by Gasteiger charge is 2.38. The van der Waals surface area contributed by atoms with Crippen molar-refractivity contribution in [3.8, 4) is 11.5 Å². The van der Waals surface area contributed by atoms with Gasteiger partial charge in [0.15, 0.2) is 6.61 Å². The van der Waals surface area contributed by atoms with Gasteiger partial charge in [0.1, 0.15) is 17.1 Å². The van der Waals surface area contributed by atoms with E-state index < -0.39 is 0 Å². The minimum atomic E-state index is -0.233. The third kappa shape index (κ3) is 4.31. The second-order valence-corrected chi connectivity index (χ2v) is 7.84. The van der Waals surface area contributed by atoms with E-state index in [1.165, 1.54) is 0 Å². The maximum absolute atomic E-state index is 12.5. The summed E-state index contributed by atoms with van der Waals surface area (Å²) in [5, 5.41) is 3.13. The molecule has 0 spiro atoms. The number of rotatable bonds is 6. The third-order valence-corrected chi connectivity index (χ3v) is 5.72. The summed E-state index contributed by atoms with van der Waals surface area (Å²) in [6.07, 6.45) is 2.58. The molecule has 1 N–H and O–H groups in total. The van der Waals surface area contributed by atoms with Crippen molar-refractivity contribution in [2.45, 2.75) is 44.8 Å². The maximum Gasteiger partial charge on any atom is 0.258 e. The van der Waals surface area contributed by atoms with Crippen LogP contribution in [0.3, 0.4) is 0 Å². The lowest BCUT2D eigenvalue weighted by Crippen LogP contribution is -2.45. The Balaban J connectivity index is 1.69. The lowest BCUT2D eigenvalue weighted by molar-refractivity contribution is -0.124. The van der Waals surface area contributed by atoms with Gasteiger partial charge in [-0.15, -0.1) is 0 Å². The van der Waals surface area contributed by atoms with E-state index in [4.69, 9.17) is 9.47 Å². The van der Waals surface area contributed by atoms with E-state index >= 15 is 0 Å². The summed E-state index contributed by atoms with van der Waals surface area (Å²) in [6.45, 7) is 4.28. The van der Waals surface area contributed by atoms with Gasteiger partial charge in [0.05, 0.1) is 6.04 Å². The Labute approximate surface area is 168 Å². The maximum atomic E-state index is 12.5. The summed E-state index contributed by atoms with van der Waals surface area (Å²) in [7, 11) is 0. The smallest absolute Gasteiger partial charge is 0.258 e. The molecule has 1 aliphatic rings. The fourth-order valence-corrected chi connectivity index (χ4v) is 3.71. The highest BCUT2D eigenvalue weighted by Crippen LogP contribution is 2.42. The first-order chi connectivity index (χ1) is 12.5. The number of hydrogen-bond acceptors (Lipinski definition) is 3. The first kappa shape index (κ1) is 19.0. The average Bonchev–Trinajstić information content (AvgIpc) is 2.67. The first-order valence-electron chi connectivity index (χ1n) is 9.01. The van der Waals surface area contributed by atoms with E-state index in [9.17, 15) is 4.79 Å². The summed E-state index contributed by atoms with van der Waals surface area (Å²) in [5.74, 6) is 1.45. The number of carbonyl (C=O) groups is 1. The van der Waals surface area contributed by atoms with E-state index in [0.717, 1.165) is 34.1 Å². The van der Waals surface area contributed by atoms with Crippen LogP contribution in [0.1, 0.15) is 44.7 Å². The number of hydrogen-bond donors (Lipinski definition) is 1. The number of nitrogens with one attached hydrogen (secondary N) is 1.